The molecule has 0 unspecified atom stereocenters. The zero-order valence-corrected chi connectivity index (χ0v) is 13.6. The lowest BCUT2D eigenvalue weighted by atomic mass is 10.1. The first-order chi connectivity index (χ1) is 9.28. The molecule has 2 aromatic rings. The van der Waals surface area contributed by atoms with Crippen LogP contribution in [0.1, 0.15) is 26.3 Å². The Morgan fingerprint density at radius 3 is 2.80 bits per heavy atom. The Bertz CT molecular complexity index is 631. The maximum Gasteiger partial charge on any atom is 0.410 e. The lowest BCUT2D eigenvalue weighted by molar-refractivity contribution is 0.0285. The third-order valence-corrected chi connectivity index (χ3v) is 3.45. The van der Waals surface area contributed by atoms with Gasteiger partial charge in [-0.2, -0.15) is 5.10 Å². The van der Waals surface area contributed by atoms with Gasteiger partial charge in [0.2, 0.25) is 0 Å². The van der Waals surface area contributed by atoms with Gasteiger partial charge in [-0.3, -0.25) is 5.10 Å². The smallest absolute Gasteiger partial charge is 0.410 e. The number of carbonyl (C=O) groups excluding carboxylic acids is 1. The van der Waals surface area contributed by atoms with Gasteiger partial charge in [0.05, 0.1) is 18.3 Å². The van der Waals surface area contributed by atoms with E-state index in [9.17, 15) is 4.79 Å². The average Bonchev–Trinajstić information content (AvgIpc) is 2.80. The van der Waals surface area contributed by atoms with Crippen molar-refractivity contribution in [1.29, 1.82) is 0 Å². The summed E-state index contributed by atoms with van der Waals surface area (Å²) in [4.78, 5) is 13.5. The summed E-state index contributed by atoms with van der Waals surface area (Å²) < 4.78 is 6.32. The maximum absolute atomic E-state index is 12.0. The number of aromatic nitrogens is 2. The van der Waals surface area contributed by atoms with Crippen molar-refractivity contribution in [3.05, 3.63) is 28.4 Å². The molecule has 20 heavy (non-hydrogen) atoms. The highest BCUT2D eigenvalue weighted by Gasteiger charge is 2.20. The Labute approximate surface area is 126 Å². The minimum atomic E-state index is -0.492. The largest absolute Gasteiger partial charge is 0.444 e. The molecule has 5 nitrogen and oxygen atoms in total. The highest BCUT2D eigenvalue weighted by atomic mass is 79.9. The molecule has 0 aliphatic carbocycles. The predicted molar refractivity (Wildman–Crippen MR) is 81.5 cm³/mol. The van der Waals surface area contributed by atoms with Crippen LogP contribution < -0.4 is 0 Å². The van der Waals surface area contributed by atoms with Gasteiger partial charge in [0, 0.05) is 16.9 Å². The van der Waals surface area contributed by atoms with Crippen LogP contribution in [0.3, 0.4) is 0 Å². The molecule has 6 heteroatoms. The number of amides is 1. The zero-order chi connectivity index (χ0) is 14.9. The monoisotopic (exact) mass is 339 g/mol. The van der Waals surface area contributed by atoms with Crippen molar-refractivity contribution in [3.8, 4) is 0 Å². The van der Waals surface area contributed by atoms with Gasteiger partial charge in [-0.25, -0.2) is 4.79 Å². The molecule has 0 aliphatic heterocycles. The number of nitrogens with one attached hydrogen (secondary N) is 1. The highest BCUT2D eigenvalue weighted by Crippen LogP contribution is 2.26. The third kappa shape index (κ3) is 3.30. The van der Waals surface area contributed by atoms with E-state index >= 15 is 0 Å². The van der Waals surface area contributed by atoms with E-state index in [4.69, 9.17) is 4.74 Å². The fourth-order valence-corrected chi connectivity index (χ4v) is 2.28. The first-order valence-corrected chi connectivity index (χ1v) is 7.12. The van der Waals surface area contributed by atoms with Crippen LogP contribution in [0.4, 0.5) is 4.79 Å². The number of hydrogen-bond donors (Lipinski definition) is 1. The molecule has 0 radical (unpaired) electrons. The average molecular weight is 340 g/mol. The van der Waals surface area contributed by atoms with Crippen LogP contribution in [-0.4, -0.2) is 33.8 Å². The van der Waals surface area contributed by atoms with Gasteiger partial charge >= 0.3 is 6.09 Å². The Balaban J connectivity index is 2.18. The molecule has 0 fully saturated rings. The minimum absolute atomic E-state index is 0.340. The van der Waals surface area contributed by atoms with Gasteiger partial charge in [0.25, 0.3) is 0 Å². The van der Waals surface area contributed by atoms with Crippen LogP contribution in [0, 0.1) is 0 Å². The second-order valence-corrected chi connectivity index (χ2v) is 6.56. The molecule has 0 atom stereocenters. The van der Waals surface area contributed by atoms with Crippen molar-refractivity contribution in [3.63, 3.8) is 0 Å². The van der Waals surface area contributed by atoms with Crippen LogP contribution in [0.25, 0.3) is 10.9 Å². The van der Waals surface area contributed by atoms with E-state index in [1.807, 2.05) is 32.9 Å². The summed E-state index contributed by atoms with van der Waals surface area (Å²) in [5, 5.41) is 8.01. The number of H-pyrrole nitrogens is 1. The molecule has 1 aromatic carbocycles. The number of carbonyl (C=O) groups is 1. The van der Waals surface area contributed by atoms with E-state index in [2.05, 4.69) is 26.1 Å². The van der Waals surface area contributed by atoms with Gasteiger partial charge in [0.1, 0.15) is 5.60 Å². The fraction of sp³-hybridized carbons (Fsp3) is 0.429. The van der Waals surface area contributed by atoms with Gasteiger partial charge in [-0.05, 0) is 32.4 Å². The second-order valence-electron chi connectivity index (χ2n) is 5.70. The fourth-order valence-electron chi connectivity index (χ4n) is 1.85. The molecule has 0 spiro atoms. The van der Waals surface area contributed by atoms with Crippen LogP contribution in [0.15, 0.2) is 22.8 Å². The van der Waals surface area contributed by atoms with Crippen LogP contribution in [-0.2, 0) is 11.3 Å². The number of rotatable bonds is 2. The van der Waals surface area contributed by atoms with Crippen molar-refractivity contribution < 1.29 is 9.53 Å². The summed E-state index contributed by atoms with van der Waals surface area (Å²) in [6, 6.07) is 3.92. The summed E-state index contributed by atoms with van der Waals surface area (Å²) in [5.74, 6) is 0. The lowest BCUT2D eigenvalue weighted by Crippen LogP contribution is -2.33. The van der Waals surface area contributed by atoms with E-state index in [1.54, 1.807) is 18.1 Å². The number of fused-ring (bicyclic) bond motifs is 1. The summed E-state index contributed by atoms with van der Waals surface area (Å²) in [7, 11) is 1.72. The quantitative estimate of drug-likeness (QED) is 0.907. The molecule has 1 aromatic heterocycles. The first-order valence-electron chi connectivity index (χ1n) is 6.32. The standard InChI is InChI=1S/C14H18BrN3O2/c1-14(2,3)20-13(19)18(4)8-9-5-6-11(15)10-7-16-17-12(9)10/h5-7H,8H2,1-4H3,(H,16,17). The van der Waals surface area contributed by atoms with Gasteiger partial charge < -0.3 is 9.64 Å². The Morgan fingerprint density at radius 1 is 1.45 bits per heavy atom. The maximum atomic E-state index is 12.0. The summed E-state index contributed by atoms with van der Waals surface area (Å²) in [6.45, 7) is 6.02. The lowest BCUT2D eigenvalue weighted by Gasteiger charge is -2.24. The number of benzene rings is 1. The summed E-state index contributed by atoms with van der Waals surface area (Å²) in [5.41, 5.74) is 1.43. The van der Waals surface area contributed by atoms with Crippen molar-refractivity contribution in [1.82, 2.24) is 15.1 Å². The normalized spacial score (nSPS) is 11.7. The van der Waals surface area contributed by atoms with E-state index in [0.29, 0.717) is 6.54 Å². The van der Waals surface area contributed by atoms with Gasteiger partial charge in [-0.15, -0.1) is 0 Å². The second kappa shape index (κ2) is 5.44. The number of ether oxygens (including phenoxy) is 1. The number of hydrogen-bond acceptors (Lipinski definition) is 3. The topological polar surface area (TPSA) is 58.2 Å². The van der Waals surface area contributed by atoms with Crippen molar-refractivity contribution in [2.24, 2.45) is 0 Å². The van der Waals surface area contributed by atoms with Crippen LogP contribution >= 0.6 is 15.9 Å². The van der Waals surface area contributed by atoms with E-state index in [0.717, 1.165) is 20.9 Å². The molecule has 1 heterocycles. The molecular weight excluding hydrogens is 322 g/mol. The SMILES string of the molecule is CN(Cc1ccc(Br)c2cn[nH]c12)C(=O)OC(C)(C)C. The van der Waals surface area contributed by atoms with Crippen LogP contribution in [0.5, 0.6) is 0 Å². The highest BCUT2D eigenvalue weighted by molar-refractivity contribution is 9.10. The van der Waals surface area contributed by atoms with Crippen molar-refractivity contribution in [2.45, 2.75) is 32.9 Å². The van der Waals surface area contributed by atoms with Crippen molar-refractivity contribution >= 4 is 32.9 Å². The number of nitrogens with zero attached hydrogens (tertiary/aromatic N) is 2. The molecule has 1 N–H and O–H groups in total. The minimum Gasteiger partial charge on any atom is -0.444 e. The van der Waals surface area contributed by atoms with E-state index in [-0.39, 0.29) is 6.09 Å². The third-order valence-electron chi connectivity index (χ3n) is 2.76. The van der Waals surface area contributed by atoms with Gasteiger partial charge in [0.15, 0.2) is 0 Å². The number of halogens is 1. The molecule has 0 saturated carbocycles. The van der Waals surface area contributed by atoms with Crippen LogP contribution in [0.2, 0.25) is 0 Å². The molecule has 2 rings (SSSR count). The van der Waals surface area contributed by atoms with E-state index in [1.165, 1.54) is 0 Å². The Hall–Kier alpha value is -1.56. The molecule has 0 bridgehead atoms. The number of aromatic amines is 1. The predicted octanol–water partition coefficient (Wildman–Crippen LogP) is 3.69. The first kappa shape index (κ1) is 14.8. The Kier molecular flexibility index (Phi) is 4.04. The molecule has 0 aliphatic rings. The van der Waals surface area contributed by atoms with Crippen molar-refractivity contribution in [2.75, 3.05) is 7.05 Å². The molecule has 0 saturated heterocycles. The summed E-state index contributed by atoms with van der Waals surface area (Å²) >= 11 is 3.48. The van der Waals surface area contributed by atoms with E-state index < -0.39 is 5.60 Å². The molecule has 108 valence electrons. The molecular formula is C14H18BrN3O2. The summed E-state index contributed by atoms with van der Waals surface area (Å²) in [6.07, 6.45) is 1.42. The zero-order valence-electron chi connectivity index (χ0n) is 12.0. The van der Waals surface area contributed by atoms with Gasteiger partial charge in [-0.1, -0.05) is 22.0 Å². The Morgan fingerprint density at radius 2 is 2.15 bits per heavy atom. The molecule has 1 amide bonds.